The van der Waals surface area contributed by atoms with Gasteiger partial charge in [0.15, 0.2) is 0 Å². The van der Waals surface area contributed by atoms with Gasteiger partial charge in [-0.3, -0.25) is 0 Å². The number of rotatable bonds is 2. The highest BCUT2D eigenvalue weighted by atomic mass is 32.2. The summed E-state index contributed by atoms with van der Waals surface area (Å²) in [6, 6.07) is 5.86. The van der Waals surface area contributed by atoms with Crippen LogP contribution in [0.25, 0.3) is 0 Å². The van der Waals surface area contributed by atoms with Gasteiger partial charge >= 0.3 is 0 Å². The standard InChI is InChI=1S/C12H16OS/c1-3-5-9-8(2)14-11-7-4-6-10(13)12(9)11/h4,6-9,13H,3,5H2,1-2H3. The third kappa shape index (κ3) is 1.52. The van der Waals surface area contributed by atoms with Crippen LogP contribution in [0, 0.1) is 0 Å². The van der Waals surface area contributed by atoms with Gasteiger partial charge in [-0.2, -0.15) is 0 Å². The van der Waals surface area contributed by atoms with Crippen LogP contribution >= 0.6 is 11.8 Å². The van der Waals surface area contributed by atoms with Gasteiger partial charge in [0.1, 0.15) is 5.75 Å². The van der Waals surface area contributed by atoms with Gasteiger partial charge < -0.3 is 5.11 Å². The Labute approximate surface area is 89.5 Å². The number of aromatic hydroxyl groups is 1. The molecule has 1 aliphatic rings. The zero-order valence-electron chi connectivity index (χ0n) is 8.66. The molecule has 0 saturated carbocycles. The van der Waals surface area contributed by atoms with E-state index in [2.05, 4.69) is 19.9 Å². The fourth-order valence-corrected chi connectivity index (χ4v) is 3.59. The fraction of sp³-hybridized carbons (Fsp3) is 0.500. The summed E-state index contributed by atoms with van der Waals surface area (Å²) in [5, 5.41) is 10.4. The van der Waals surface area contributed by atoms with Crippen molar-refractivity contribution in [1.29, 1.82) is 0 Å². The van der Waals surface area contributed by atoms with Crippen LogP contribution in [-0.4, -0.2) is 10.4 Å². The number of phenolic OH excluding ortho intramolecular Hbond substituents is 1. The van der Waals surface area contributed by atoms with E-state index < -0.39 is 0 Å². The highest BCUT2D eigenvalue weighted by molar-refractivity contribution is 8.00. The van der Waals surface area contributed by atoms with Crippen LogP contribution in [0.4, 0.5) is 0 Å². The molecule has 0 amide bonds. The highest BCUT2D eigenvalue weighted by Crippen LogP contribution is 2.50. The summed E-state index contributed by atoms with van der Waals surface area (Å²) in [4.78, 5) is 1.27. The van der Waals surface area contributed by atoms with Gasteiger partial charge in [0.2, 0.25) is 0 Å². The lowest BCUT2D eigenvalue weighted by Crippen LogP contribution is -2.05. The SMILES string of the molecule is CCCC1c2c(O)cccc2SC1C. The minimum Gasteiger partial charge on any atom is -0.508 e. The molecule has 1 aromatic carbocycles. The molecular formula is C12H16OS. The summed E-state index contributed by atoms with van der Waals surface area (Å²) in [6.07, 6.45) is 2.36. The first-order chi connectivity index (χ1) is 6.74. The van der Waals surface area contributed by atoms with Gasteiger partial charge in [-0.15, -0.1) is 11.8 Å². The molecule has 1 aliphatic heterocycles. The molecule has 0 spiro atoms. The van der Waals surface area contributed by atoms with Gasteiger partial charge in [-0.25, -0.2) is 0 Å². The Morgan fingerprint density at radius 1 is 1.43 bits per heavy atom. The lowest BCUT2D eigenvalue weighted by atomic mass is 9.91. The van der Waals surface area contributed by atoms with Gasteiger partial charge in [0.05, 0.1) is 0 Å². The number of hydrogen-bond acceptors (Lipinski definition) is 2. The van der Waals surface area contributed by atoms with Crippen molar-refractivity contribution in [2.45, 2.75) is 42.8 Å². The summed E-state index contributed by atoms with van der Waals surface area (Å²) in [5.74, 6) is 1.03. The van der Waals surface area contributed by atoms with Crippen molar-refractivity contribution in [3.63, 3.8) is 0 Å². The number of benzene rings is 1. The second-order valence-corrected chi connectivity index (χ2v) is 5.33. The third-order valence-corrected chi connectivity index (χ3v) is 4.20. The van der Waals surface area contributed by atoms with E-state index in [4.69, 9.17) is 0 Å². The number of fused-ring (bicyclic) bond motifs is 1. The molecule has 1 nitrogen and oxygen atoms in total. The summed E-state index contributed by atoms with van der Waals surface area (Å²) in [5.41, 5.74) is 1.19. The van der Waals surface area contributed by atoms with Gasteiger partial charge in [0.25, 0.3) is 0 Å². The summed E-state index contributed by atoms with van der Waals surface area (Å²) in [7, 11) is 0. The molecule has 1 heterocycles. The fourth-order valence-electron chi connectivity index (χ4n) is 2.22. The van der Waals surface area contributed by atoms with Crippen molar-refractivity contribution < 1.29 is 5.11 Å². The molecule has 0 aromatic heterocycles. The van der Waals surface area contributed by atoms with Crippen LogP contribution in [0.1, 0.15) is 38.2 Å². The molecule has 0 bridgehead atoms. The summed E-state index contributed by atoms with van der Waals surface area (Å²) in [6.45, 7) is 4.46. The number of thioether (sulfide) groups is 1. The van der Waals surface area contributed by atoms with Crippen molar-refractivity contribution in [3.8, 4) is 5.75 Å². The summed E-state index contributed by atoms with van der Waals surface area (Å²) >= 11 is 1.89. The van der Waals surface area contributed by atoms with Crippen LogP contribution < -0.4 is 0 Å². The lowest BCUT2D eigenvalue weighted by Gasteiger charge is -2.15. The van der Waals surface area contributed by atoms with Crippen LogP contribution in [-0.2, 0) is 0 Å². The van der Waals surface area contributed by atoms with Crippen molar-refractivity contribution >= 4 is 11.8 Å². The quantitative estimate of drug-likeness (QED) is 0.798. The zero-order valence-corrected chi connectivity index (χ0v) is 9.47. The van der Waals surface area contributed by atoms with E-state index in [0.29, 0.717) is 16.9 Å². The van der Waals surface area contributed by atoms with Gasteiger partial charge in [-0.1, -0.05) is 26.3 Å². The van der Waals surface area contributed by atoms with Crippen molar-refractivity contribution in [2.24, 2.45) is 0 Å². The second-order valence-electron chi connectivity index (χ2n) is 3.91. The smallest absolute Gasteiger partial charge is 0.120 e. The van der Waals surface area contributed by atoms with E-state index in [-0.39, 0.29) is 0 Å². The maximum Gasteiger partial charge on any atom is 0.120 e. The predicted molar refractivity (Wildman–Crippen MR) is 61.1 cm³/mol. The molecule has 2 rings (SSSR count). The third-order valence-electron chi connectivity index (χ3n) is 2.89. The Hall–Kier alpha value is -0.630. The monoisotopic (exact) mass is 208 g/mol. The van der Waals surface area contributed by atoms with Crippen LogP contribution in [0.3, 0.4) is 0 Å². The van der Waals surface area contributed by atoms with Gasteiger partial charge in [0, 0.05) is 21.6 Å². The van der Waals surface area contributed by atoms with Crippen molar-refractivity contribution in [1.82, 2.24) is 0 Å². The van der Waals surface area contributed by atoms with E-state index in [9.17, 15) is 5.11 Å². The minimum atomic E-state index is 0.484. The molecule has 2 atom stereocenters. The van der Waals surface area contributed by atoms with E-state index in [1.165, 1.54) is 23.3 Å². The Balaban J connectivity index is 2.39. The zero-order chi connectivity index (χ0) is 10.1. The highest BCUT2D eigenvalue weighted by Gasteiger charge is 2.31. The molecule has 2 unspecified atom stereocenters. The van der Waals surface area contributed by atoms with E-state index in [0.717, 1.165) is 0 Å². The first kappa shape index (κ1) is 9.91. The van der Waals surface area contributed by atoms with Crippen LogP contribution in [0.2, 0.25) is 0 Å². The molecule has 14 heavy (non-hydrogen) atoms. The molecule has 0 aliphatic carbocycles. The summed E-state index contributed by atoms with van der Waals surface area (Å²) < 4.78 is 0. The molecule has 0 saturated heterocycles. The maximum atomic E-state index is 9.83. The maximum absolute atomic E-state index is 9.83. The Morgan fingerprint density at radius 2 is 2.21 bits per heavy atom. The molecule has 1 aromatic rings. The van der Waals surface area contributed by atoms with E-state index in [1.807, 2.05) is 17.8 Å². The predicted octanol–water partition coefficient (Wildman–Crippen LogP) is 3.77. The van der Waals surface area contributed by atoms with E-state index in [1.54, 1.807) is 6.07 Å². The molecule has 0 radical (unpaired) electrons. The molecule has 1 N–H and O–H groups in total. The topological polar surface area (TPSA) is 20.2 Å². The van der Waals surface area contributed by atoms with Crippen molar-refractivity contribution in [2.75, 3.05) is 0 Å². The normalized spacial score (nSPS) is 25.0. The molecular weight excluding hydrogens is 192 g/mol. The minimum absolute atomic E-state index is 0.484. The first-order valence-corrected chi connectivity index (χ1v) is 6.10. The van der Waals surface area contributed by atoms with Crippen LogP contribution in [0.15, 0.2) is 23.1 Å². The Kier molecular flexibility index (Phi) is 2.73. The number of phenols is 1. The Morgan fingerprint density at radius 3 is 2.93 bits per heavy atom. The van der Waals surface area contributed by atoms with Crippen molar-refractivity contribution in [3.05, 3.63) is 23.8 Å². The van der Waals surface area contributed by atoms with Gasteiger partial charge in [-0.05, 0) is 18.6 Å². The largest absolute Gasteiger partial charge is 0.508 e. The molecule has 0 fully saturated rings. The first-order valence-electron chi connectivity index (χ1n) is 5.22. The number of hydrogen-bond donors (Lipinski definition) is 1. The van der Waals surface area contributed by atoms with E-state index >= 15 is 0 Å². The average molecular weight is 208 g/mol. The lowest BCUT2D eigenvalue weighted by molar-refractivity contribution is 0.455. The second kappa shape index (κ2) is 3.85. The average Bonchev–Trinajstić information content (AvgIpc) is 2.45. The molecule has 76 valence electrons. The Bertz CT molecular complexity index is 335. The van der Waals surface area contributed by atoms with Crippen LogP contribution in [0.5, 0.6) is 5.75 Å². The molecule has 2 heteroatoms.